The molecular weight excluding hydrogens is 691 g/mol. The molecule has 12 rings (SSSR count). The van der Waals surface area contributed by atoms with Gasteiger partial charge in [0.2, 0.25) is 0 Å². The maximum atomic E-state index is 2.50. The van der Waals surface area contributed by atoms with Crippen LogP contribution in [0.3, 0.4) is 0 Å². The normalized spacial score (nSPS) is 13.3. The number of nitrogens with zero attached hydrogens (tertiary/aromatic N) is 3. The molecule has 0 saturated heterocycles. The van der Waals surface area contributed by atoms with Gasteiger partial charge in [0, 0.05) is 49.4 Å². The number of fused-ring (bicyclic) bond motifs is 10. The molecule has 1 aliphatic rings. The van der Waals surface area contributed by atoms with Crippen molar-refractivity contribution in [3.8, 4) is 17.1 Å². The lowest BCUT2D eigenvalue weighted by molar-refractivity contribution is 1.07. The van der Waals surface area contributed by atoms with Gasteiger partial charge in [-0.15, -0.1) is 0 Å². The highest BCUT2D eigenvalue weighted by molar-refractivity contribution is 6.28. The molecule has 0 saturated carbocycles. The molecule has 11 aromatic rings. The van der Waals surface area contributed by atoms with Crippen molar-refractivity contribution in [3.63, 3.8) is 0 Å². The Kier molecular flexibility index (Phi) is 7.05. The Balaban J connectivity index is 1.12. The Morgan fingerprint density at radius 1 is 0.316 bits per heavy atom. The van der Waals surface area contributed by atoms with E-state index < -0.39 is 0 Å². The van der Waals surface area contributed by atoms with Crippen LogP contribution < -0.4 is 0 Å². The number of aromatic nitrogens is 3. The van der Waals surface area contributed by atoms with Crippen molar-refractivity contribution in [1.29, 1.82) is 0 Å². The first-order valence-corrected chi connectivity index (χ1v) is 19.9. The second-order valence-corrected chi connectivity index (χ2v) is 15.2. The molecule has 3 nitrogen and oxygen atoms in total. The molecule has 0 amide bonds. The molecule has 3 heteroatoms. The fourth-order valence-corrected chi connectivity index (χ4v) is 9.68. The van der Waals surface area contributed by atoms with Crippen LogP contribution >= 0.6 is 0 Å². The van der Waals surface area contributed by atoms with E-state index in [1.807, 2.05) is 0 Å². The zero-order chi connectivity index (χ0) is 37.5. The van der Waals surface area contributed by atoms with Gasteiger partial charge < -0.3 is 13.7 Å². The Morgan fingerprint density at radius 3 is 1.39 bits per heavy atom. The Labute approximate surface area is 330 Å². The highest BCUT2D eigenvalue weighted by Gasteiger charge is 2.25. The summed E-state index contributed by atoms with van der Waals surface area (Å²) in [5.41, 5.74) is 16.2. The first kappa shape index (κ1) is 31.9. The quantitative estimate of drug-likeness (QED) is 0.168. The Bertz CT molecular complexity index is 3430. The predicted octanol–water partition coefficient (Wildman–Crippen LogP) is 14.2. The minimum Gasteiger partial charge on any atom is -0.309 e. The molecule has 0 unspecified atom stereocenters. The van der Waals surface area contributed by atoms with Gasteiger partial charge in [-0.25, -0.2) is 0 Å². The molecule has 0 aliphatic heterocycles. The summed E-state index contributed by atoms with van der Waals surface area (Å²) in [5, 5.41) is 7.70. The van der Waals surface area contributed by atoms with Gasteiger partial charge >= 0.3 is 0 Å². The second kappa shape index (κ2) is 12.6. The summed E-state index contributed by atoms with van der Waals surface area (Å²) in [6.45, 7) is 0. The monoisotopic (exact) mass is 727 g/mol. The van der Waals surface area contributed by atoms with Crippen LogP contribution in [0.2, 0.25) is 0 Å². The molecule has 0 atom stereocenters. The summed E-state index contributed by atoms with van der Waals surface area (Å²) in [6.07, 6.45) is 6.69. The molecule has 57 heavy (non-hydrogen) atoms. The third-order valence-electron chi connectivity index (χ3n) is 12.2. The molecule has 1 aliphatic carbocycles. The van der Waals surface area contributed by atoms with E-state index in [0.29, 0.717) is 0 Å². The molecule has 0 N–H and O–H groups in total. The number of para-hydroxylation sites is 6. The van der Waals surface area contributed by atoms with E-state index in [0.717, 1.165) is 12.8 Å². The van der Waals surface area contributed by atoms with Gasteiger partial charge in [0.1, 0.15) is 0 Å². The zero-order valence-corrected chi connectivity index (χ0v) is 31.3. The average molecular weight is 728 g/mol. The zero-order valence-electron chi connectivity index (χ0n) is 31.3. The minimum atomic E-state index is 0.947. The van der Waals surface area contributed by atoms with Crippen LogP contribution in [0.1, 0.15) is 24.0 Å². The summed E-state index contributed by atoms with van der Waals surface area (Å²) in [6, 6.07) is 68.7. The van der Waals surface area contributed by atoms with Gasteiger partial charge in [0.05, 0.1) is 33.1 Å². The van der Waals surface area contributed by atoms with Crippen LogP contribution in [0.15, 0.2) is 200 Å². The molecular formula is C54H37N3. The predicted molar refractivity (Wildman–Crippen MR) is 241 cm³/mol. The fraction of sp³-hybridized carbons (Fsp3) is 0.0370. The van der Waals surface area contributed by atoms with Gasteiger partial charge in [0.25, 0.3) is 0 Å². The van der Waals surface area contributed by atoms with Crippen molar-refractivity contribution in [3.05, 3.63) is 211 Å². The van der Waals surface area contributed by atoms with Crippen LogP contribution in [-0.4, -0.2) is 13.7 Å². The SMILES string of the molecule is C1=C(c2ccc3c4ccccc4n(-c4ccccc4)c3c2)CCC(c2cc3c(c4ccccc4n3-c3ccccc3)c3c2c2ccccc2n3-c2ccccc2)=C1. The number of hydrogen-bond acceptors (Lipinski definition) is 0. The smallest absolute Gasteiger partial charge is 0.0647 e. The molecule has 8 aromatic carbocycles. The molecule has 268 valence electrons. The Morgan fingerprint density at radius 2 is 0.772 bits per heavy atom. The topological polar surface area (TPSA) is 14.8 Å². The van der Waals surface area contributed by atoms with Crippen LogP contribution in [0, 0.1) is 0 Å². The molecule has 0 radical (unpaired) electrons. The van der Waals surface area contributed by atoms with E-state index in [1.165, 1.54) is 105 Å². The fourth-order valence-electron chi connectivity index (χ4n) is 9.68. The third kappa shape index (κ3) is 4.79. The lowest BCUT2D eigenvalue weighted by atomic mass is 9.87. The summed E-state index contributed by atoms with van der Waals surface area (Å²) in [7, 11) is 0. The van der Waals surface area contributed by atoms with Gasteiger partial charge in [-0.1, -0.05) is 133 Å². The van der Waals surface area contributed by atoms with Crippen LogP contribution in [0.4, 0.5) is 0 Å². The second-order valence-electron chi connectivity index (χ2n) is 15.2. The van der Waals surface area contributed by atoms with Crippen molar-refractivity contribution in [2.45, 2.75) is 12.8 Å². The number of rotatable bonds is 5. The third-order valence-corrected chi connectivity index (χ3v) is 12.2. The Hall–Kier alpha value is -7.36. The number of allylic oxidation sites excluding steroid dienone is 4. The van der Waals surface area contributed by atoms with Gasteiger partial charge in [-0.3, -0.25) is 0 Å². The highest BCUT2D eigenvalue weighted by atomic mass is 15.0. The van der Waals surface area contributed by atoms with Crippen LogP contribution in [-0.2, 0) is 0 Å². The van der Waals surface area contributed by atoms with E-state index >= 15 is 0 Å². The lowest BCUT2D eigenvalue weighted by Gasteiger charge is -2.18. The van der Waals surface area contributed by atoms with E-state index in [2.05, 4.69) is 214 Å². The van der Waals surface area contributed by atoms with Crippen molar-refractivity contribution in [2.75, 3.05) is 0 Å². The van der Waals surface area contributed by atoms with E-state index in [1.54, 1.807) is 0 Å². The van der Waals surface area contributed by atoms with Crippen LogP contribution in [0.5, 0.6) is 0 Å². The summed E-state index contributed by atoms with van der Waals surface area (Å²) in [4.78, 5) is 0. The first-order valence-electron chi connectivity index (χ1n) is 19.9. The van der Waals surface area contributed by atoms with Gasteiger partial charge in [-0.05, 0) is 102 Å². The van der Waals surface area contributed by atoms with E-state index in [-0.39, 0.29) is 0 Å². The van der Waals surface area contributed by atoms with Crippen molar-refractivity contribution < 1.29 is 0 Å². The molecule has 3 aromatic heterocycles. The van der Waals surface area contributed by atoms with Crippen molar-refractivity contribution in [1.82, 2.24) is 13.7 Å². The summed E-state index contributed by atoms with van der Waals surface area (Å²) < 4.78 is 7.38. The maximum Gasteiger partial charge on any atom is 0.0647 e. The van der Waals surface area contributed by atoms with Crippen LogP contribution in [0.25, 0.3) is 93.6 Å². The molecule has 0 fully saturated rings. The standard InChI is InChI=1S/C54H37N3/c1-4-16-39(17-5-1)55-47-25-13-10-22-42(47)43-33-32-38(34-50(43)55)36-28-30-37(31-29-36)46-35-51-53(45-24-12-14-26-48(45)56(51)40-18-6-2-7-19-40)54-52(46)44-23-11-15-27-49(44)57(54)41-20-8-3-9-21-41/h1-28,30,32-35H,29,31H2. The summed E-state index contributed by atoms with van der Waals surface area (Å²) in [5.74, 6) is 0. The number of hydrogen-bond donors (Lipinski definition) is 0. The lowest BCUT2D eigenvalue weighted by Crippen LogP contribution is -1.99. The van der Waals surface area contributed by atoms with Gasteiger partial charge in [-0.2, -0.15) is 0 Å². The number of benzene rings is 8. The van der Waals surface area contributed by atoms with Gasteiger partial charge in [0.15, 0.2) is 0 Å². The summed E-state index contributed by atoms with van der Waals surface area (Å²) >= 11 is 0. The molecule has 0 spiro atoms. The maximum absolute atomic E-state index is 2.50. The molecule has 3 heterocycles. The highest BCUT2D eigenvalue weighted by Crippen LogP contribution is 2.47. The van der Waals surface area contributed by atoms with Crippen molar-refractivity contribution >= 4 is 76.6 Å². The molecule has 0 bridgehead atoms. The largest absolute Gasteiger partial charge is 0.309 e. The average Bonchev–Trinajstić information content (AvgIpc) is 3.93. The van der Waals surface area contributed by atoms with E-state index in [9.17, 15) is 0 Å². The first-order chi connectivity index (χ1) is 28.3. The minimum absolute atomic E-state index is 0.947. The van der Waals surface area contributed by atoms with E-state index in [4.69, 9.17) is 0 Å². The van der Waals surface area contributed by atoms with Crippen molar-refractivity contribution in [2.24, 2.45) is 0 Å².